The number of likely N-dealkylation sites (N-methyl/N-ethyl adjacent to an activating group) is 1. The summed E-state index contributed by atoms with van der Waals surface area (Å²) in [4.78, 5) is 43.7. The molecule has 3 aliphatic rings. The summed E-state index contributed by atoms with van der Waals surface area (Å²) >= 11 is 0. The van der Waals surface area contributed by atoms with Crippen LogP contribution >= 0.6 is 0 Å². The predicted molar refractivity (Wildman–Crippen MR) is 137 cm³/mol. The molecule has 5 rings (SSSR count). The standard InChI is InChI=1S/C27H34N6O4/c1-2-31-18-25(34)32-22(10-12-28)26(35)30(16-20-8-9-21-11-13-37-23(21)14-20)17-24(32)33(31)27(36)29-15-19-6-4-3-5-7-19/h3-9,14,22,24H,2,10-13,15-18,28H2,1H3,(H,29,36)/t22-,24-/m0/s1. The van der Waals surface area contributed by atoms with Crippen LogP contribution in [0.3, 0.4) is 0 Å². The summed E-state index contributed by atoms with van der Waals surface area (Å²) in [6, 6.07) is 14.7. The number of urea groups is 1. The number of hydrazine groups is 1. The summed E-state index contributed by atoms with van der Waals surface area (Å²) in [5, 5.41) is 6.36. The van der Waals surface area contributed by atoms with Gasteiger partial charge < -0.3 is 25.6 Å². The first-order chi connectivity index (χ1) is 18.0. The van der Waals surface area contributed by atoms with Crippen molar-refractivity contribution in [3.8, 4) is 5.75 Å². The number of nitrogens with zero attached hydrogens (tertiary/aromatic N) is 4. The second-order valence-electron chi connectivity index (χ2n) is 9.60. The molecular formula is C27H34N6O4. The minimum Gasteiger partial charge on any atom is -0.493 e. The molecule has 0 aromatic heterocycles. The third kappa shape index (κ3) is 4.99. The van der Waals surface area contributed by atoms with E-state index in [-0.39, 0.29) is 37.5 Å². The first-order valence-electron chi connectivity index (χ1n) is 12.9. The molecule has 0 bridgehead atoms. The summed E-state index contributed by atoms with van der Waals surface area (Å²) in [6.45, 7) is 4.27. The fraction of sp³-hybridized carbons (Fsp3) is 0.444. The molecule has 3 aliphatic heterocycles. The topological polar surface area (TPSA) is 111 Å². The molecule has 2 saturated heterocycles. The van der Waals surface area contributed by atoms with Crippen molar-refractivity contribution in [2.24, 2.45) is 5.73 Å². The van der Waals surface area contributed by atoms with Crippen molar-refractivity contribution < 1.29 is 19.1 Å². The van der Waals surface area contributed by atoms with E-state index in [0.29, 0.717) is 32.7 Å². The number of nitrogens with two attached hydrogens (primary N) is 1. The van der Waals surface area contributed by atoms with Gasteiger partial charge in [-0.3, -0.25) is 9.59 Å². The summed E-state index contributed by atoms with van der Waals surface area (Å²) in [7, 11) is 0. The molecular weight excluding hydrogens is 472 g/mol. The van der Waals surface area contributed by atoms with Crippen molar-refractivity contribution in [1.82, 2.24) is 25.1 Å². The van der Waals surface area contributed by atoms with Crippen molar-refractivity contribution in [3.63, 3.8) is 0 Å². The first kappa shape index (κ1) is 25.0. The maximum absolute atomic E-state index is 13.6. The lowest BCUT2D eigenvalue weighted by Crippen LogP contribution is -2.76. The van der Waals surface area contributed by atoms with Crippen LogP contribution in [0, 0.1) is 0 Å². The van der Waals surface area contributed by atoms with Crippen LogP contribution in [0.15, 0.2) is 48.5 Å². The van der Waals surface area contributed by atoms with E-state index in [1.54, 1.807) is 19.8 Å². The highest BCUT2D eigenvalue weighted by molar-refractivity contribution is 5.91. The van der Waals surface area contributed by atoms with Gasteiger partial charge in [-0.1, -0.05) is 49.4 Å². The van der Waals surface area contributed by atoms with Crippen LogP contribution in [0.5, 0.6) is 5.75 Å². The summed E-state index contributed by atoms with van der Waals surface area (Å²) in [5.41, 5.74) is 8.97. The number of hydrogen-bond donors (Lipinski definition) is 2. The monoisotopic (exact) mass is 506 g/mol. The molecule has 2 aromatic rings. The molecule has 4 amide bonds. The third-order valence-electron chi connectivity index (χ3n) is 7.26. The molecule has 2 fully saturated rings. The Balaban J connectivity index is 1.41. The molecule has 0 aliphatic carbocycles. The predicted octanol–water partition coefficient (Wildman–Crippen LogP) is 1.30. The number of nitrogens with one attached hydrogen (secondary N) is 1. The Hall–Kier alpha value is -3.63. The van der Waals surface area contributed by atoms with Gasteiger partial charge in [0.15, 0.2) is 0 Å². The summed E-state index contributed by atoms with van der Waals surface area (Å²) in [5.74, 6) is 0.538. The smallest absolute Gasteiger partial charge is 0.334 e. The number of rotatable bonds is 7. The minimum atomic E-state index is -0.717. The van der Waals surface area contributed by atoms with Crippen LogP contribution in [-0.2, 0) is 29.1 Å². The molecule has 3 heterocycles. The Morgan fingerprint density at radius 2 is 1.95 bits per heavy atom. The van der Waals surface area contributed by atoms with Crippen molar-refractivity contribution in [2.75, 3.05) is 32.8 Å². The Bertz CT molecular complexity index is 1160. The average molecular weight is 507 g/mol. The van der Waals surface area contributed by atoms with Crippen LogP contribution in [0.2, 0.25) is 0 Å². The number of piperazine rings is 1. The van der Waals surface area contributed by atoms with E-state index in [0.717, 1.165) is 23.3 Å². The molecule has 0 saturated carbocycles. The van der Waals surface area contributed by atoms with Gasteiger partial charge >= 0.3 is 6.03 Å². The molecule has 3 N–H and O–H groups in total. The molecule has 0 radical (unpaired) electrons. The number of benzene rings is 2. The highest BCUT2D eigenvalue weighted by Gasteiger charge is 2.50. The third-order valence-corrected chi connectivity index (χ3v) is 7.26. The van der Waals surface area contributed by atoms with Gasteiger partial charge in [-0.05, 0) is 35.7 Å². The molecule has 10 heteroatoms. The molecule has 0 spiro atoms. The van der Waals surface area contributed by atoms with Crippen LogP contribution < -0.4 is 15.8 Å². The molecule has 0 unspecified atom stereocenters. The average Bonchev–Trinajstić information content (AvgIpc) is 3.38. The lowest BCUT2D eigenvalue weighted by Gasteiger charge is -2.55. The lowest BCUT2D eigenvalue weighted by molar-refractivity contribution is -0.190. The normalized spacial score (nSPS) is 21.5. The van der Waals surface area contributed by atoms with Crippen molar-refractivity contribution in [3.05, 3.63) is 65.2 Å². The zero-order valence-corrected chi connectivity index (χ0v) is 21.1. The number of amides is 4. The van der Waals surface area contributed by atoms with E-state index in [1.165, 1.54) is 5.56 Å². The van der Waals surface area contributed by atoms with E-state index in [9.17, 15) is 14.4 Å². The fourth-order valence-corrected chi connectivity index (χ4v) is 5.43. The quantitative estimate of drug-likeness (QED) is 0.586. The van der Waals surface area contributed by atoms with Crippen molar-refractivity contribution in [1.29, 1.82) is 0 Å². The second kappa shape index (κ2) is 10.8. The SMILES string of the molecule is CCN1CC(=O)N2[C@@H](CCN)C(=O)N(Cc3ccc4c(c3)OCC4)C[C@@H]2N1C(=O)NCc1ccccc1. The van der Waals surface area contributed by atoms with Gasteiger partial charge in [0.25, 0.3) is 0 Å². The maximum atomic E-state index is 13.6. The number of carbonyl (C=O) groups is 3. The highest BCUT2D eigenvalue weighted by atomic mass is 16.5. The van der Waals surface area contributed by atoms with E-state index in [1.807, 2.05) is 55.5 Å². The van der Waals surface area contributed by atoms with E-state index < -0.39 is 12.2 Å². The van der Waals surface area contributed by atoms with Gasteiger partial charge in [-0.2, -0.15) is 0 Å². The first-order valence-corrected chi connectivity index (χ1v) is 12.9. The van der Waals surface area contributed by atoms with Gasteiger partial charge in [0, 0.05) is 26.1 Å². The largest absolute Gasteiger partial charge is 0.493 e. The van der Waals surface area contributed by atoms with Gasteiger partial charge in [-0.15, -0.1) is 0 Å². The molecule has 2 aromatic carbocycles. The van der Waals surface area contributed by atoms with Crippen LogP contribution in [0.1, 0.15) is 30.0 Å². The summed E-state index contributed by atoms with van der Waals surface area (Å²) < 4.78 is 5.71. The molecule has 196 valence electrons. The number of carbonyl (C=O) groups excluding carboxylic acids is 3. The van der Waals surface area contributed by atoms with Gasteiger partial charge in [0.2, 0.25) is 11.8 Å². The highest BCUT2D eigenvalue weighted by Crippen LogP contribution is 2.30. The second-order valence-corrected chi connectivity index (χ2v) is 9.60. The summed E-state index contributed by atoms with van der Waals surface area (Å²) in [6.07, 6.45) is 0.587. The van der Waals surface area contributed by atoms with E-state index in [2.05, 4.69) is 5.32 Å². The Morgan fingerprint density at radius 1 is 1.14 bits per heavy atom. The van der Waals surface area contributed by atoms with E-state index >= 15 is 0 Å². The minimum absolute atomic E-state index is 0.0300. The number of hydrogen-bond acceptors (Lipinski definition) is 6. The van der Waals surface area contributed by atoms with Crippen LogP contribution in [0.4, 0.5) is 4.79 Å². The molecule has 2 atom stereocenters. The number of fused-ring (bicyclic) bond motifs is 2. The van der Waals surface area contributed by atoms with Crippen LogP contribution in [-0.4, -0.2) is 82.7 Å². The Morgan fingerprint density at radius 3 is 2.70 bits per heavy atom. The van der Waals surface area contributed by atoms with Gasteiger partial charge in [-0.25, -0.2) is 14.8 Å². The maximum Gasteiger partial charge on any atom is 0.334 e. The van der Waals surface area contributed by atoms with Gasteiger partial charge in [0.05, 0.1) is 19.7 Å². The molecule has 10 nitrogen and oxygen atoms in total. The zero-order valence-electron chi connectivity index (χ0n) is 21.1. The van der Waals surface area contributed by atoms with Gasteiger partial charge in [0.1, 0.15) is 18.0 Å². The number of ether oxygens (including phenoxy) is 1. The van der Waals surface area contributed by atoms with Crippen LogP contribution in [0.25, 0.3) is 0 Å². The van der Waals surface area contributed by atoms with E-state index in [4.69, 9.17) is 10.5 Å². The molecule has 37 heavy (non-hydrogen) atoms. The lowest BCUT2D eigenvalue weighted by atomic mass is 10.0. The Kier molecular flexibility index (Phi) is 7.29. The fourth-order valence-electron chi connectivity index (χ4n) is 5.43. The van der Waals surface area contributed by atoms with Crippen molar-refractivity contribution in [2.45, 2.75) is 45.1 Å². The zero-order chi connectivity index (χ0) is 25.9. The Labute approximate surface area is 216 Å². The van der Waals surface area contributed by atoms with Crippen molar-refractivity contribution >= 4 is 17.8 Å².